The minimum absolute atomic E-state index is 0.0941. The number of methoxy groups -OCH3 is 1. The van der Waals surface area contributed by atoms with Crippen molar-refractivity contribution < 1.29 is 9.47 Å². The van der Waals surface area contributed by atoms with E-state index in [2.05, 4.69) is 10.3 Å². The molecule has 0 spiro atoms. The van der Waals surface area contributed by atoms with E-state index in [1.54, 1.807) is 7.11 Å². The van der Waals surface area contributed by atoms with Gasteiger partial charge >= 0.3 is 0 Å². The van der Waals surface area contributed by atoms with E-state index in [1.165, 1.54) is 0 Å². The number of benzene rings is 2. The molecular weight excluding hydrogens is 410 g/mol. The van der Waals surface area contributed by atoms with Crippen LogP contribution in [0.3, 0.4) is 0 Å². The van der Waals surface area contributed by atoms with Crippen molar-refractivity contribution in [2.45, 2.75) is 32.4 Å². The maximum absolute atomic E-state index is 12.8. The van der Waals surface area contributed by atoms with E-state index in [1.807, 2.05) is 60.4 Å². The number of hydrogen-bond acceptors (Lipinski definition) is 4. The maximum Gasteiger partial charge on any atom is 0.253 e. The molecule has 0 unspecified atom stereocenters. The number of rotatable bonds is 6. The Morgan fingerprint density at radius 2 is 2.13 bits per heavy atom. The van der Waals surface area contributed by atoms with Crippen LogP contribution in [0.4, 0.5) is 5.69 Å². The SMILES string of the molecule is COc1cccc(NC(=S)N(Cc2cc3cccc(C)c3[nH]c2=O)C[C@H]2CCCO2)c1. The standard InChI is InChI=1S/C24H27N3O3S/c1-16-6-3-7-17-12-18(23(28)26-22(16)17)14-27(15-21-10-5-11-30-21)24(31)25-19-8-4-9-20(13-19)29-2/h3-4,6-9,12-13,21H,5,10-11,14-15H2,1-2H3,(H,25,31)(H,26,28)/t21-/m1/s1. The summed E-state index contributed by atoms with van der Waals surface area (Å²) in [6, 6.07) is 15.6. The van der Waals surface area contributed by atoms with Gasteiger partial charge in [0.25, 0.3) is 5.56 Å². The fourth-order valence-electron chi connectivity index (χ4n) is 3.91. The summed E-state index contributed by atoms with van der Waals surface area (Å²) in [6.45, 7) is 3.79. The first-order valence-electron chi connectivity index (χ1n) is 10.5. The molecule has 0 radical (unpaired) electrons. The van der Waals surface area contributed by atoms with E-state index in [4.69, 9.17) is 21.7 Å². The van der Waals surface area contributed by atoms with Crippen molar-refractivity contribution in [1.29, 1.82) is 0 Å². The first-order chi connectivity index (χ1) is 15.0. The first kappa shape index (κ1) is 21.3. The lowest BCUT2D eigenvalue weighted by atomic mass is 10.1. The monoisotopic (exact) mass is 437 g/mol. The number of aryl methyl sites for hydroxylation is 1. The van der Waals surface area contributed by atoms with Gasteiger partial charge in [0.1, 0.15) is 5.75 Å². The third kappa shape index (κ3) is 5.06. The highest BCUT2D eigenvalue weighted by atomic mass is 32.1. The fraction of sp³-hybridized carbons (Fsp3) is 0.333. The Morgan fingerprint density at radius 1 is 1.29 bits per heavy atom. The topological polar surface area (TPSA) is 66.6 Å². The van der Waals surface area contributed by atoms with Crippen LogP contribution in [0.25, 0.3) is 10.9 Å². The third-order valence-electron chi connectivity index (χ3n) is 5.58. The lowest BCUT2D eigenvalue weighted by Crippen LogP contribution is -2.40. The molecule has 1 saturated heterocycles. The van der Waals surface area contributed by atoms with Crippen LogP contribution in [0, 0.1) is 6.92 Å². The van der Waals surface area contributed by atoms with Crippen molar-refractivity contribution in [3.8, 4) is 5.75 Å². The summed E-state index contributed by atoms with van der Waals surface area (Å²) < 4.78 is 11.1. The van der Waals surface area contributed by atoms with Crippen LogP contribution in [0.2, 0.25) is 0 Å². The van der Waals surface area contributed by atoms with Gasteiger partial charge in [-0.1, -0.05) is 24.3 Å². The van der Waals surface area contributed by atoms with E-state index >= 15 is 0 Å². The van der Waals surface area contributed by atoms with Crippen LogP contribution in [-0.2, 0) is 11.3 Å². The van der Waals surface area contributed by atoms with Gasteiger partial charge in [0, 0.05) is 30.5 Å². The Hall–Kier alpha value is -2.90. The van der Waals surface area contributed by atoms with E-state index in [-0.39, 0.29) is 11.7 Å². The minimum Gasteiger partial charge on any atom is -0.497 e. The highest BCUT2D eigenvalue weighted by Crippen LogP contribution is 2.20. The molecule has 0 saturated carbocycles. The zero-order valence-corrected chi connectivity index (χ0v) is 18.6. The van der Waals surface area contributed by atoms with Crippen molar-refractivity contribution in [2.75, 3.05) is 25.6 Å². The van der Waals surface area contributed by atoms with Gasteiger partial charge in [0.15, 0.2) is 5.11 Å². The van der Waals surface area contributed by atoms with E-state index < -0.39 is 0 Å². The summed E-state index contributed by atoms with van der Waals surface area (Å²) in [4.78, 5) is 17.9. The molecular formula is C24H27N3O3S. The van der Waals surface area contributed by atoms with Crippen LogP contribution in [0.15, 0.2) is 53.3 Å². The summed E-state index contributed by atoms with van der Waals surface area (Å²) in [7, 11) is 1.63. The molecule has 0 bridgehead atoms. The zero-order valence-electron chi connectivity index (χ0n) is 17.8. The van der Waals surface area contributed by atoms with Crippen molar-refractivity contribution in [3.63, 3.8) is 0 Å². The molecule has 2 N–H and O–H groups in total. The summed E-state index contributed by atoms with van der Waals surface area (Å²) in [5, 5.41) is 4.85. The van der Waals surface area contributed by atoms with Gasteiger partial charge in [-0.2, -0.15) is 0 Å². The van der Waals surface area contributed by atoms with Crippen molar-refractivity contribution in [2.24, 2.45) is 0 Å². The number of nitrogens with zero attached hydrogens (tertiary/aromatic N) is 1. The van der Waals surface area contributed by atoms with Crippen molar-refractivity contribution in [3.05, 3.63) is 70.0 Å². The molecule has 1 aromatic heterocycles. The molecule has 4 rings (SSSR count). The maximum atomic E-state index is 12.8. The van der Waals surface area contributed by atoms with Gasteiger partial charge in [-0.05, 0) is 61.1 Å². The number of fused-ring (bicyclic) bond motifs is 1. The summed E-state index contributed by atoms with van der Waals surface area (Å²) in [5.41, 5.74) is 3.34. The van der Waals surface area contributed by atoms with Gasteiger partial charge in [0.2, 0.25) is 0 Å². The second-order valence-electron chi connectivity index (χ2n) is 7.84. The smallest absolute Gasteiger partial charge is 0.253 e. The van der Waals surface area contributed by atoms with Gasteiger partial charge < -0.3 is 24.7 Å². The fourth-order valence-corrected chi connectivity index (χ4v) is 4.17. The average molecular weight is 438 g/mol. The van der Waals surface area contributed by atoms with E-state index in [9.17, 15) is 4.79 Å². The van der Waals surface area contributed by atoms with Gasteiger partial charge in [-0.15, -0.1) is 0 Å². The molecule has 31 heavy (non-hydrogen) atoms. The predicted octanol–water partition coefficient (Wildman–Crippen LogP) is 4.22. The Bertz CT molecular complexity index is 1140. The molecule has 6 nitrogen and oxygen atoms in total. The molecule has 0 amide bonds. The third-order valence-corrected chi connectivity index (χ3v) is 5.94. The number of pyridine rings is 1. The Morgan fingerprint density at radius 3 is 2.90 bits per heavy atom. The predicted molar refractivity (Wildman–Crippen MR) is 128 cm³/mol. The molecule has 2 heterocycles. The van der Waals surface area contributed by atoms with Gasteiger partial charge in [-0.3, -0.25) is 4.79 Å². The van der Waals surface area contributed by atoms with E-state index in [0.29, 0.717) is 23.8 Å². The van der Waals surface area contributed by atoms with Crippen LogP contribution in [0.1, 0.15) is 24.0 Å². The van der Waals surface area contributed by atoms with Gasteiger partial charge in [0.05, 0.1) is 25.3 Å². The van der Waals surface area contributed by atoms with Gasteiger partial charge in [-0.25, -0.2) is 0 Å². The number of thiocarbonyl (C=S) groups is 1. The quantitative estimate of drug-likeness (QED) is 0.563. The highest BCUT2D eigenvalue weighted by molar-refractivity contribution is 7.80. The molecule has 162 valence electrons. The van der Waals surface area contributed by atoms with Crippen LogP contribution in [-0.4, -0.2) is 41.4 Å². The summed E-state index contributed by atoms with van der Waals surface area (Å²) in [5.74, 6) is 0.750. The number of anilines is 1. The highest BCUT2D eigenvalue weighted by Gasteiger charge is 2.22. The van der Waals surface area contributed by atoms with Crippen LogP contribution in [0.5, 0.6) is 5.75 Å². The number of aromatic nitrogens is 1. The second kappa shape index (κ2) is 9.49. The summed E-state index contributed by atoms with van der Waals surface area (Å²) >= 11 is 5.74. The number of para-hydroxylation sites is 1. The van der Waals surface area contributed by atoms with E-state index in [0.717, 1.165) is 47.4 Å². The lowest BCUT2D eigenvalue weighted by molar-refractivity contribution is 0.0904. The molecule has 1 fully saturated rings. The molecule has 7 heteroatoms. The number of hydrogen-bond donors (Lipinski definition) is 2. The number of nitrogens with one attached hydrogen (secondary N) is 2. The van der Waals surface area contributed by atoms with Crippen LogP contribution < -0.4 is 15.6 Å². The van der Waals surface area contributed by atoms with Crippen LogP contribution >= 0.6 is 12.2 Å². The zero-order chi connectivity index (χ0) is 21.8. The van der Waals surface area contributed by atoms with Crippen molar-refractivity contribution >= 4 is 33.9 Å². The molecule has 2 aromatic carbocycles. The number of aromatic amines is 1. The Kier molecular flexibility index (Phi) is 6.53. The average Bonchev–Trinajstić information content (AvgIpc) is 3.28. The molecule has 1 atom stereocenters. The number of ether oxygens (including phenoxy) is 2. The molecule has 1 aliphatic rings. The summed E-state index contributed by atoms with van der Waals surface area (Å²) in [6.07, 6.45) is 2.14. The molecule has 1 aliphatic heterocycles. The lowest BCUT2D eigenvalue weighted by Gasteiger charge is -2.28. The normalized spacial score (nSPS) is 15.7. The first-order valence-corrected chi connectivity index (χ1v) is 10.9. The molecule has 3 aromatic rings. The Labute approximate surface area is 187 Å². The largest absolute Gasteiger partial charge is 0.497 e. The Balaban J connectivity index is 1.60. The second-order valence-corrected chi connectivity index (χ2v) is 8.23. The molecule has 0 aliphatic carbocycles. The van der Waals surface area contributed by atoms with Crippen molar-refractivity contribution in [1.82, 2.24) is 9.88 Å². The number of H-pyrrole nitrogens is 1. The minimum atomic E-state index is -0.0941.